The molecule has 4 heterocycles. The first kappa shape index (κ1) is 56.7. The lowest BCUT2D eigenvalue weighted by Gasteiger charge is -2.45. The van der Waals surface area contributed by atoms with Gasteiger partial charge in [-0.3, -0.25) is 9.59 Å². The molecule has 4 aromatic carbocycles. The number of allylic oxidation sites excluding steroid dienone is 2. The molecule has 8 aliphatic rings. The Kier molecular flexibility index (Phi) is 16.3. The van der Waals surface area contributed by atoms with Gasteiger partial charge >= 0.3 is 0 Å². The van der Waals surface area contributed by atoms with E-state index in [1.54, 1.807) is 36.4 Å². The van der Waals surface area contributed by atoms with E-state index in [-0.39, 0.29) is 57.1 Å². The van der Waals surface area contributed by atoms with Crippen molar-refractivity contribution in [2.75, 3.05) is 60.7 Å². The van der Waals surface area contributed by atoms with E-state index < -0.39 is 44.1 Å². The molecule has 0 unspecified atom stereocenters. The lowest BCUT2D eigenvalue weighted by Crippen LogP contribution is -2.49. The Labute approximate surface area is 481 Å². The van der Waals surface area contributed by atoms with Crippen LogP contribution in [0.4, 0.5) is 11.4 Å². The smallest absolute Gasteiger partial charge is 0.264 e. The van der Waals surface area contributed by atoms with Gasteiger partial charge in [-0.05, 0) is 195 Å². The largest absolute Gasteiger partial charge is 0.490 e. The van der Waals surface area contributed by atoms with Crippen molar-refractivity contribution in [1.82, 2.24) is 9.44 Å². The molecule has 2 saturated carbocycles. The molecule has 2 amide bonds. The standard InChI is InChI=1S/2C31H37ClN2O5S/c2*1-20-4-2-6-28(35)25-10-7-23(25)16-34-18-31(13-3-5-21-14-24(32)9-11-26(21)31)19-39-29-12-8-22(15-27(29)34)30(36)33-40(37,38)17-20/h2*2,6,8-9,11-12,14-15,20,23,25,28,35H,3-5,7,10,13,16-19H2,1H3,(H,33,36)/b2*6-2+/t20-,23+,25-,28+,31+;20-,23-,25+,28-,31-/m10/s1. The second kappa shape index (κ2) is 22.9. The van der Waals surface area contributed by atoms with Crippen molar-refractivity contribution in [3.8, 4) is 11.5 Å². The van der Waals surface area contributed by atoms with Gasteiger partial charge in [-0.25, -0.2) is 26.3 Å². The number of ether oxygens (including phenoxy) is 2. The quantitative estimate of drug-likeness (QED) is 0.122. The molecule has 10 atom stereocenters. The molecule has 18 heteroatoms. The van der Waals surface area contributed by atoms with Crippen molar-refractivity contribution >= 4 is 66.4 Å². The third-order valence-electron chi connectivity index (χ3n) is 18.6. The van der Waals surface area contributed by atoms with Crippen molar-refractivity contribution in [2.24, 2.45) is 35.5 Å². The van der Waals surface area contributed by atoms with Gasteiger partial charge in [0, 0.05) is 58.2 Å². The monoisotopic (exact) mass is 1170 g/mol. The summed E-state index contributed by atoms with van der Waals surface area (Å²) in [6, 6.07) is 22.7. The number of carbonyl (C=O) groups is 2. The number of carbonyl (C=O) groups excluding carboxylic acids is 2. The average Bonchev–Trinajstić information content (AvgIpc) is 3.86. The first-order valence-electron chi connectivity index (χ1n) is 28.7. The van der Waals surface area contributed by atoms with E-state index >= 15 is 0 Å². The number of aliphatic hydroxyl groups excluding tert-OH is 2. The highest BCUT2D eigenvalue weighted by atomic mass is 35.5. The molecule has 80 heavy (non-hydrogen) atoms. The van der Waals surface area contributed by atoms with Crippen LogP contribution in [0.1, 0.15) is 121 Å². The predicted octanol–water partition coefficient (Wildman–Crippen LogP) is 9.71. The lowest BCUT2D eigenvalue weighted by molar-refractivity contribution is 0.0454. The Morgan fingerprint density at radius 3 is 1.41 bits per heavy atom. The van der Waals surface area contributed by atoms with Gasteiger partial charge in [0.15, 0.2) is 0 Å². The van der Waals surface area contributed by atoms with Crippen LogP contribution in [0.25, 0.3) is 0 Å². The second-order valence-corrected chi connectivity index (χ2v) is 28.9. The van der Waals surface area contributed by atoms with Crippen LogP contribution in [0.2, 0.25) is 10.0 Å². The number of aryl methyl sites for hydroxylation is 2. The zero-order valence-electron chi connectivity index (χ0n) is 45.6. The van der Waals surface area contributed by atoms with Crippen LogP contribution >= 0.6 is 23.2 Å². The lowest BCUT2D eigenvalue weighted by atomic mass is 9.68. The first-order chi connectivity index (χ1) is 38.2. The van der Waals surface area contributed by atoms with Crippen LogP contribution in [-0.2, 0) is 43.7 Å². The zero-order valence-corrected chi connectivity index (χ0v) is 48.8. The maximum absolute atomic E-state index is 13.2. The molecule has 0 aromatic heterocycles. The molecular formula is C62H74Cl2N4O10S2. The number of hydrogen-bond acceptors (Lipinski definition) is 12. The number of fused-ring (bicyclic) bond motifs is 8. The number of aliphatic hydroxyl groups is 2. The van der Waals surface area contributed by atoms with Crippen LogP contribution in [0, 0.1) is 35.5 Å². The van der Waals surface area contributed by atoms with Gasteiger partial charge in [0.1, 0.15) is 11.5 Å². The maximum atomic E-state index is 13.2. The Hall–Kier alpha value is -5.10. The van der Waals surface area contributed by atoms with E-state index in [0.717, 1.165) is 98.7 Å². The fourth-order valence-corrected chi connectivity index (χ4v) is 17.3. The summed E-state index contributed by atoms with van der Waals surface area (Å²) in [5.74, 6) is 0.224. The molecule has 4 aliphatic heterocycles. The summed E-state index contributed by atoms with van der Waals surface area (Å²) < 4.78 is 68.7. The van der Waals surface area contributed by atoms with Gasteiger partial charge in [0.05, 0.1) is 48.3 Å². The summed E-state index contributed by atoms with van der Waals surface area (Å²) in [7, 11) is -7.66. The van der Waals surface area contributed by atoms with Gasteiger partial charge in [-0.2, -0.15) is 0 Å². The zero-order chi connectivity index (χ0) is 56.1. The summed E-state index contributed by atoms with van der Waals surface area (Å²) in [5, 5.41) is 23.5. The molecular weight excluding hydrogens is 1100 g/mol. The average molecular weight is 1170 g/mol. The Balaban J connectivity index is 0.000000169. The van der Waals surface area contributed by atoms with Crippen molar-refractivity contribution in [2.45, 2.75) is 114 Å². The molecule has 4 aromatic rings. The summed E-state index contributed by atoms with van der Waals surface area (Å²) in [5.41, 5.74) is 6.67. The number of amides is 2. The number of sulfonamides is 2. The van der Waals surface area contributed by atoms with Crippen LogP contribution in [0.5, 0.6) is 11.5 Å². The van der Waals surface area contributed by atoms with E-state index in [1.807, 2.05) is 50.3 Å². The Morgan fingerprint density at radius 2 is 1.01 bits per heavy atom. The molecule has 4 N–H and O–H groups in total. The maximum Gasteiger partial charge on any atom is 0.264 e. The van der Waals surface area contributed by atoms with E-state index in [9.17, 15) is 36.6 Å². The number of benzene rings is 4. The van der Waals surface area contributed by atoms with Gasteiger partial charge in [-0.1, -0.05) is 73.5 Å². The minimum absolute atomic E-state index is 0.135. The number of nitrogens with one attached hydrogen (secondary N) is 2. The van der Waals surface area contributed by atoms with Gasteiger partial charge < -0.3 is 29.5 Å². The van der Waals surface area contributed by atoms with Gasteiger partial charge in [0.2, 0.25) is 20.0 Å². The SMILES string of the molecule is C[C@@H]1C/C=C/[C@H](O)[C@@H]2CC[C@H]2CN2C[C@@]3(CCCc4cc(Cl)ccc43)COc3ccc(cc32)C(=O)NS(=O)(=O)C1.C[C@H]1C/C=C/[C@H](O)[C@@H]2CC[C@H]2CN2C[C@@]3(CCCc4cc(Cl)ccc43)COc3ccc(cc32)C(=O)NS(=O)(=O)C1. The molecule has 0 radical (unpaired) electrons. The van der Waals surface area contributed by atoms with Crippen LogP contribution in [0.15, 0.2) is 97.1 Å². The Bertz CT molecular complexity index is 3100. The van der Waals surface area contributed by atoms with Crippen LogP contribution < -0.4 is 28.7 Å². The number of anilines is 2. The fraction of sp³-hybridized carbons (Fsp3) is 0.516. The van der Waals surface area contributed by atoms with Crippen molar-refractivity contribution in [1.29, 1.82) is 0 Å². The fourth-order valence-electron chi connectivity index (χ4n) is 14.2. The van der Waals surface area contributed by atoms with Gasteiger partial charge in [-0.15, -0.1) is 0 Å². The molecule has 4 bridgehead atoms. The molecule has 12 rings (SSSR count). The van der Waals surface area contributed by atoms with Crippen LogP contribution in [0.3, 0.4) is 0 Å². The normalized spacial score (nSPS) is 32.5. The minimum Gasteiger partial charge on any atom is -0.490 e. The van der Waals surface area contributed by atoms with Crippen molar-refractivity contribution < 1.29 is 46.1 Å². The highest BCUT2D eigenvalue weighted by Crippen LogP contribution is 2.49. The van der Waals surface area contributed by atoms with Crippen molar-refractivity contribution in [3.05, 3.63) is 141 Å². The number of nitrogens with zero attached hydrogens (tertiary/aromatic N) is 2. The number of rotatable bonds is 0. The summed E-state index contributed by atoms with van der Waals surface area (Å²) in [4.78, 5) is 30.9. The molecule has 428 valence electrons. The molecule has 14 nitrogen and oxygen atoms in total. The first-order valence-corrected chi connectivity index (χ1v) is 32.7. The van der Waals surface area contributed by atoms with Crippen molar-refractivity contribution in [3.63, 3.8) is 0 Å². The highest BCUT2D eigenvalue weighted by Gasteiger charge is 2.46. The molecule has 2 fully saturated rings. The summed E-state index contributed by atoms with van der Waals surface area (Å²) in [6.07, 6.45) is 17.2. The van der Waals surface area contributed by atoms with Gasteiger partial charge in [0.25, 0.3) is 11.8 Å². The molecule has 4 aliphatic carbocycles. The van der Waals surface area contributed by atoms with Crippen LogP contribution in [-0.4, -0.2) is 102 Å². The molecule has 2 spiro atoms. The highest BCUT2D eigenvalue weighted by molar-refractivity contribution is 7.90. The summed E-state index contributed by atoms with van der Waals surface area (Å²) in [6.45, 7) is 7.51. The van der Waals surface area contributed by atoms with E-state index in [1.165, 1.54) is 22.3 Å². The second-order valence-electron chi connectivity index (χ2n) is 24.5. The third-order valence-corrected chi connectivity index (χ3v) is 22.1. The third kappa shape index (κ3) is 12.0. The number of hydrogen-bond donors (Lipinski definition) is 4. The van der Waals surface area contributed by atoms with E-state index in [4.69, 9.17) is 32.7 Å². The summed E-state index contributed by atoms with van der Waals surface area (Å²) >= 11 is 12.7. The predicted molar refractivity (Wildman–Crippen MR) is 313 cm³/mol. The molecule has 0 saturated heterocycles. The van der Waals surface area contributed by atoms with E-state index in [0.29, 0.717) is 62.5 Å². The number of halogens is 2. The minimum atomic E-state index is -3.83. The topological polar surface area (TPSA) is 192 Å². The Morgan fingerprint density at radius 1 is 0.588 bits per heavy atom. The van der Waals surface area contributed by atoms with E-state index in [2.05, 4.69) is 43.5 Å².